The van der Waals surface area contributed by atoms with E-state index in [1.54, 1.807) is 49.4 Å². The number of aryl methyl sites for hydroxylation is 2. The Morgan fingerprint density at radius 2 is 1.86 bits per heavy atom. The van der Waals surface area contributed by atoms with Crippen LogP contribution in [0.1, 0.15) is 43.4 Å². The molecule has 4 rings (SSSR count). The average molecular weight is 525 g/mol. The summed E-state index contributed by atoms with van der Waals surface area (Å²) < 4.78 is 34.4. The SMILES string of the molecule is COc1ccc(C)cc1S(=O)(=O)N(CC(=O)Nc1cccc(-c2nc(C)cc(=O)[nH]2)c1)C1CCCCC1. The minimum atomic E-state index is -4.02. The molecule has 10 heteroatoms. The molecular weight excluding hydrogens is 492 g/mol. The number of carbonyl (C=O) groups is 1. The molecule has 1 heterocycles. The third-order valence-electron chi connectivity index (χ3n) is 6.48. The predicted molar refractivity (Wildman–Crippen MR) is 142 cm³/mol. The van der Waals surface area contributed by atoms with E-state index in [9.17, 15) is 18.0 Å². The predicted octanol–water partition coefficient (Wildman–Crippen LogP) is 4.02. The Morgan fingerprint density at radius 1 is 1.11 bits per heavy atom. The second kappa shape index (κ2) is 11.3. The first kappa shape index (κ1) is 26.6. The number of amides is 1. The highest BCUT2D eigenvalue weighted by Gasteiger charge is 2.35. The van der Waals surface area contributed by atoms with Gasteiger partial charge < -0.3 is 15.0 Å². The van der Waals surface area contributed by atoms with E-state index in [1.165, 1.54) is 17.5 Å². The molecule has 0 bridgehead atoms. The lowest BCUT2D eigenvalue weighted by Crippen LogP contribution is -2.45. The Morgan fingerprint density at radius 3 is 2.57 bits per heavy atom. The number of hydrogen-bond acceptors (Lipinski definition) is 6. The van der Waals surface area contributed by atoms with Crippen molar-refractivity contribution in [1.29, 1.82) is 0 Å². The number of aromatic nitrogens is 2. The van der Waals surface area contributed by atoms with Crippen LogP contribution in [0.15, 0.2) is 58.2 Å². The van der Waals surface area contributed by atoms with Gasteiger partial charge >= 0.3 is 0 Å². The molecule has 1 aliphatic rings. The van der Waals surface area contributed by atoms with Crippen molar-refractivity contribution in [2.45, 2.75) is 56.9 Å². The van der Waals surface area contributed by atoms with Crippen LogP contribution in [0.3, 0.4) is 0 Å². The van der Waals surface area contributed by atoms with Gasteiger partial charge in [-0.05, 0) is 56.5 Å². The summed E-state index contributed by atoms with van der Waals surface area (Å²) in [6.45, 7) is 3.22. The number of hydrogen-bond donors (Lipinski definition) is 2. The lowest BCUT2D eigenvalue weighted by Gasteiger charge is -2.33. The highest BCUT2D eigenvalue weighted by Crippen LogP contribution is 2.32. The van der Waals surface area contributed by atoms with Gasteiger partial charge in [0.15, 0.2) is 0 Å². The number of ether oxygens (including phenoxy) is 1. The maximum absolute atomic E-state index is 13.9. The minimum Gasteiger partial charge on any atom is -0.495 e. The molecule has 0 spiro atoms. The molecule has 3 aromatic rings. The molecule has 0 atom stereocenters. The highest BCUT2D eigenvalue weighted by atomic mass is 32.2. The Hall–Kier alpha value is -3.50. The summed E-state index contributed by atoms with van der Waals surface area (Å²) >= 11 is 0. The summed E-state index contributed by atoms with van der Waals surface area (Å²) in [7, 11) is -2.58. The molecule has 9 nitrogen and oxygen atoms in total. The quantitative estimate of drug-likeness (QED) is 0.459. The second-order valence-corrected chi connectivity index (χ2v) is 11.2. The number of benzene rings is 2. The van der Waals surface area contributed by atoms with Crippen molar-refractivity contribution in [1.82, 2.24) is 14.3 Å². The lowest BCUT2D eigenvalue weighted by molar-refractivity contribution is -0.116. The Bertz CT molecular complexity index is 1450. The van der Waals surface area contributed by atoms with E-state index in [-0.39, 0.29) is 28.8 Å². The van der Waals surface area contributed by atoms with E-state index in [0.717, 1.165) is 24.8 Å². The minimum absolute atomic E-state index is 0.0600. The summed E-state index contributed by atoms with van der Waals surface area (Å²) in [5, 5.41) is 2.82. The van der Waals surface area contributed by atoms with Crippen LogP contribution in [0.2, 0.25) is 0 Å². The lowest BCUT2D eigenvalue weighted by atomic mass is 9.95. The largest absolute Gasteiger partial charge is 0.495 e. The topological polar surface area (TPSA) is 121 Å². The number of nitrogens with zero attached hydrogens (tertiary/aromatic N) is 2. The van der Waals surface area contributed by atoms with Crippen LogP contribution in [0.25, 0.3) is 11.4 Å². The molecule has 0 radical (unpaired) electrons. The molecule has 1 aliphatic carbocycles. The fraction of sp³-hybridized carbons (Fsp3) is 0.370. The van der Waals surface area contributed by atoms with Gasteiger partial charge in [0.25, 0.3) is 5.56 Å². The van der Waals surface area contributed by atoms with Gasteiger partial charge in [-0.3, -0.25) is 9.59 Å². The fourth-order valence-electron chi connectivity index (χ4n) is 4.69. The maximum atomic E-state index is 13.9. The summed E-state index contributed by atoms with van der Waals surface area (Å²) in [6, 6.07) is 13.0. The highest BCUT2D eigenvalue weighted by molar-refractivity contribution is 7.89. The number of carbonyl (C=O) groups excluding carboxylic acids is 1. The van der Waals surface area contributed by atoms with Gasteiger partial charge in [-0.15, -0.1) is 0 Å². The fourth-order valence-corrected chi connectivity index (χ4v) is 6.58. The van der Waals surface area contributed by atoms with Gasteiger partial charge in [0, 0.05) is 29.1 Å². The third kappa shape index (κ3) is 6.26. The van der Waals surface area contributed by atoms with Crippen molar-refractivity contribution in [3.63, 3.8) is 0 Å². The van der Waals surface area contributed by atoms with Crippen molar-refractivity contribution >= 4 is 21.6 Å². The molecule has 0 unspecified atom stereocenters. The molecule has 2 aromatic carbocycles. The zero-order valence-corrected chi connectivity index (χ0v) is 22.1. The van der Waals surface area contributed by atoms with E-state index < -0.39 is 15.9 Å². The van der Waals surface area contributed by atoms with Crippen LogP contribution in [0.5, 0.6) is 5.75 Å². The average Bonchev–Trinajstić information content (AvgIpc) is 2.87. The molecule has 1 saturated carbocycles. The molecule has 196 valence electrons. The number of rotatable bonds is 8. The summed E-state index contributed by atoms with van der Waals surface area (Å²) in [6.07, 6.45) is 4.26. The molecule has 1 aromatic heterocycles. The number of H-pyrrole nitrogens is 1. The first-order chi connectivity index (χ1) is 17.7. The van der Waals surface area contributed by atoms with Gasteiger partial charge in [0.05, 0.1) is 13.7 Å². The van der Waals surface area contributed by atoms with E-state index >= 15 is 0 Å². The number of anilines is 1. The molecule has 0 saturated heterocycles. The van der Waals surface area contributed by atoms with Gasteiger partial charge in [-0.2, -0.15) is 4.31 Å². The Labute approximate surface area is 217 Å². The monoisotopic (exact) mass is 524 g/mol. The van der Waals surface area contributed by atoms with Crippen molar-refractivity contribution in [2.24, 2.45) is 0 Å². The van der Waals surface area contributed by atoms with Crippen molar-refractivity contribution in [3.8, 4) is 17.1 Å². The summed E-state index contributed by atoms with van der Waals surface area (Å²) in [4.78, 5) is 32.2. The zero-order chi connectivity index (χ0) is 26.6. The third-order valence-corrected chi connectivity index (χ3v) is 8.40. The normalized spacial score (nSPS) is 14.5. The molecular formula is C27H32N4O5S. The van der Waals surface area contributed by atoms with E-state index in [4.69, 9.17) is 4.74 Å². The van der Waals surface area contributed by atoms with Gasteiger partial charge in [-0.1, -0.05) is 37.5 Å². The van der Waals surface area contributed by atoms with Crippen molar-refractivity contribution in [2.75, 3.05) is 19.0 Å². The van der Waals surface area contributed by atoms with Crippen molar-refractivity contribution in [3.05, 3.63) is 70.1 Å². The standard InChI is InChI=1S/C27H32N4O5S/c1-18-12-13-23(36-3)24(14-18)37(34,35)31(22-10-5-4-6-11-22)17-26(33)29-21-9-7-8-20(16-21)27-28-19(2)15-25(32)30-27/h7-9,12-16,22H,4-6,10-11,17H2,1-3H3,(H,29,33)(H,28,30,32). The Kier molecular flexibility index (Phi) is 8.09. The van der Waals surface area contributed by atoms with E-state index in [1.807, 2.05) is 6.92 Å². The van der Waals surface area contributed by atoms with Crippen molar-refractivity contribution < 1.29 is 17.9 Å². The second-order valence-electron chi connectivity index (χ2n) is 9.36. The van der Waals surface area contributed by atoms with Crippen LogP contribution in [-0.2, 0) is 14.8 Å². The zero-order valence-electron chi connectivity index (χ0n) is 21.3. The number of sulfonamides is 1. The first-order valence-corrected chi connectivity index (χ1v) is 13.8. The van der Waals surface area contributed by atoms with Crippen LogP contribution >= 0.6 is 0 Å². The molecule has 2 N–H and O–H groups in total. The summed E-state index contributed by atoms with van der Waals surface area (Å²) in [5.74, 6) is 0.182. The van der Waals surface area contributed by atoms with Gasteiger partial charge in [0.1, 0.15) is 16.5 Å². The molecule has 37 heavy (non-hydrogen) atoms. The number of nitrogens with one attached hydrogen (secondary N) is 2. The van der Waals surface area contributed by atoms with Gasteiger partial charge in [-0.25, -0.2) is 13.4 Å². The molecule has 0 aliphatic heterocycles. The summed E-state index contributed by atoms with van der Waals surface area (Å²) in [5.41, 5.74) is 2.19. The van der Waals surface area contributed by atoms with Crippen LogP contribution in [-0.4, -0.2) is 48.3 Å². The molecule has 1 amide bonds. The Balaban J connectivity index is 1.61. The molecule has 1 fully saturated rings. The van der Waals surface area contributed by atoms with Crippen LogP contribution < -0.4 is 15.6 Å². The maximum Gasteiger partial charge on any atom is 0.251 e. The van der Waals surface area contributed by atoms with Gasteiger partial charge in [0.2, 0.25) is 15.9 Å². The van der Waals surface area contributed by atoms with E-state index in [2.05, 4.69) is 15.3 Å². The van der Waals surface area contributed by atoms with Crippen LogP contribution in [0, 0.1) is 13.8 Å². The smallest absolute Gasteiger partial charge is 0.251 e. The van der Waals surface area contributed by atoms with E-state index in [0.29, 0.717) is 35.6 Å². The number of aromatic amines is 1. The number of methoxy groups -OCH3 is 1. The first-order valence-electron chi connectivity index (χ1n) is 12.3. The van der Waals surface area contributed by atoms with Crippen LogP contribution in [0.4, 0.5) is 5.69 Å².